The van der Waals surface area contributed by atoms with E-state index in [0.717, 1.165) is 31.8 Å². The minimum Gasteiger partial charge on any atom is -0.348 e. The number of piperidine rings is 1. The SMILES string of the molecule is CC1CC(C)CN(CC(C)NC(=O)c2cccnc2S(=O)(=O)C(F)(F)F)C1. The quantitative estimate of drug-likeness (QED) is 0.811. The van der Waals surface area contributed by atoms with Crippen molar-refractivity contribution in [2.24, 2.45) is 11.8 Å². The van der Waals surface area contributed by atoms with Crippen LogP contribution in [0.1, 0.15) is 37.6 Å². The third kappa shape index (κ3) is 5.19. The van der Waals surface area contributed by atoms with E-state index >= 15 is 0 Å². The molecule has 1 saturated heterocycles. The Bertz CT molecular complexity index is 773. The van der Waals surface area contributed by atoms with Crippen LogP contribution in [0, 0.1) is 11.8 Å². The van der Waals surface area contributed by atoms with E-state index in [-0.39, 0.29) is 6.04 Å². The Morgan fingerprint density at radius 3 is 2.48 bits per heavy atom. The van der Waals surface area contributed by atoms with Crippen LogP contribution in [0.2, 0.25) is 0 Å². The van der Waals surface area contributed by atoms with Crippen molar-refractivity contribution in [2.75, 3.05) is 19.6 Å². The minimum atomic E-state index is -5.71. The molecule has 2 rings (SSSR count). The summed E-state index contributed by atoms with van der Waals surface area (Å²) < 4.78 is 61.9. The second-order valence-corrected chi connectivity index (χ2v) is 9.20. The molecule has 3 atom stereocenters. The maximum atomic E-state index is 12.8. The van der Waals surface area contributed by atoms with Crippen LogP contribution in [0.5, 0.6) is 0 Å². The van der Waals surface area contributed by atoms with Gasteiger partial charge in [0.2, 0.25) is 0 Å². The van der Waals surface area contributed by atoms with Gasteiger partial charge in [-0.3, -0.25) is 4.79 Å². The van der Waals surface area contributed by atoms with Gasteiger partial charge >= 0.3 is 5.51 Å². The number of hydrogen-bond acceptors (Lipinski definition) is 5. The van der Waals surface area contributed by atoms with Crippen LogP contribution in [-0.4, -0.2) is 55.4 Å². The molecular formula is C17H24F3N3O3S. The molecule has 1 aromatic rings. The third-order valence-corrected chi connectivity index (χ3v) is 5.87. The first-order valence-corrected chi connectivity index (χ1v) is 10.2. The first-order chi connectivity index (χ1) is 12.4. The summed E-state index contributed by atoms with van der Waals surface area (Å²) in [6.07, 6.45) is 2.04. The Hall–Kier alpha value is -1.68. The fourth-order valence-corrected chi connectivity index (χ4v) is 4.43. The monoisotopic (exact) mass is 407 g/mol. The molecule has 152 valence electrons. The van der Waals surface area contributed by atoms with Crippen LogP contribution in [0.25, 0.3) is 0 Å². The molecule has 0 saturated carbocycles. The van der Waals surface area contributed by atoms with Crippen molar-refractivity contribution in [1.82, 2.24) is 15.2 Å². The summed E-state index contributed by atoms with van der Waals surface area (Å²) in [4.78, 5) is 17.9. The van der Waals surface area contributed by atoms with E-state index in [0.29, 0.717) is 18.4 Å². The van der Waals surface area contributed by atoms with Crippen LogP contribution >= 0.6 is 0 Å². The Kier molecular flexibility index (Phi) is 6.51. The van der Waals surface area contributed by atoms with E-state index < -0.39 is 31.8 Å². The van der Waals surface area contributed by atoms with E-state index in [1.807, 2.05) is 0 Å². The molecule has 1 aromatic heterocycles. The van der Waals surface area contributed by atoms with E-state index in [4.69, 9.17) is 0 Å². The highest BCUT2D eigenvalue weighted by Crippen LogP contribution is 2.30. The molecule has 27 heavy (non-hydrogen) atoms. The van der Waals surface area contributed by atoms with Crippen LogP contribution in [0.4, 0.5) is 13.2 Å². The number of sulfone groups is 1. The standard InChI is InChI=1S/C17H24F3N3O3S/c1-11-7-12(2)9-23(8-11)10-13(3)22-15(24)14-5-4-6-21-16(14)27(25,26)17(18,19)20/h4-6,11-13H,7-10H2,1-3H3,(H,22,24). The summed E-state index contributed by atoms with van der Waals surface area (Å²) >= 11 is 0. The van der Waals surface area contributed by atoms with Crippen molar-refractivity contribution in [3.63, 3.8) is 0 Å². The number of alkyl halides is 3. The van der Waals surface area contributed by atoms with Gasteiger partial charge in [0.05, 0.1) is 5.56 Å². The number of hydrogen-bond donors (Lipinski definition) is 1. The van der Waals surface area contributed by atoms with Gasteiger partial charge in [-0.25, -0.2) is 13.4 Å². The molecule has 0 bridgehead atoms. The lowest BCUT2D eigenvalue weighted by Crippen LogP contribution is -2.47. The summed E-state index contributed by atoms with van der Waals surface area (Å²) in [5.74, 6) is 0.161. The van der Waals surface area contributed by atoms with Crippen molar-refractivity contribution in [3.05, 3.63) is 23.9 Å². The number of carbonyl (C=O) groups excluding carboxylic acids is 1. The molecule has 3 unspecified atom stereocenters. The Morgan fingerprint density at radius 1 is 1.33 bits per heavy atom. The molecule has 1 aliphatic rings. The molecule has 10 heteroatoms. The number of halogens is 3. The van der Waals surface area contributed by atoms with Crippen molar-refractivity contribution < 1.29 is 26.4 Å². The highest BCUT2D eigenvalue weighted by molar-refractivity contribution is 7.92. The number of likely N-dealkylation sites (tertiary alicyclic amines) is 1. The van der Waals surface area contributed by atoms with Crippen molar-refractivity contribution in [2.45, 2.75) is 43.8 Å². The maximum absolute atomic E-state index is 12.8. The van der Waals surface area contributed by atoms with Crippen LogP contribution in [-0.2, 0) is 9.84 Å². The van der Waals surface area contributed by atoms with Gasteiger partial charge in [0.25, 0.3) is 15.7 Å². The van der Waals surface area contributed by atoms with Gasteiger partial charge in [-0.1, -0.05) is 13.8 Å². The molecular weight excluding hydrogens is 383 g/mol. The lowest BCUT2D eigenvalue weighted by Gasteiger charge is -2.36. The molecule has 0 radical (unpaired) electrons. The molecule has 2 heterocycles. The van der Waals surface area contributed by atoms with Gasteiger partial charge in [0.15, 0.2) is 5.03 Å². The van der Waals surface area contributed by atoms with E-state index in [1.165, 1.54) is 6.07 Å². The summed E-state index contributed by atoms with van der Waals surface area (Å²) in [6.45, 7) is 8.32. The predicted molar refractivity (Wildman–Crippen MR) is 93.8 cm³/mol. The van der Waals surface area contributed by atoms with Gasteiger partial charge in [-0.15, -0.1) is 0 Å². The zero-order chi connectivity index (χ0) is 20.4. The molecule has 0 aliphatic carbocycles. The fourth-order valence-electron chi connectivity index (χ4n) is 3.56. The predicted octanol–water partition coefficient (Wildman–Crippen LogP) is 2.47. The summed E-state index contributed by atoms with van der Waals surface area (Å²) in [7, 11) is -5.71. The van der Waals surface area contributed by atoms with E-state index in [1.54, 1.807) is 6.92 Å². The molecule has 6 nitrogen and oxygen atoms in total. The van der Waals surface area contributed by atoms with Gasteiger partial charge in [0.1, 0.15) is 0 Å². The summed E-state index contributed by atoms with van der Waals surface area (Å²) in [5, 5.41) is 1.31. The number of rotatable bonds is 5. The molecule has 0 aromatic carbocycles. The lowest BCUT2D eigenvalue weighted by molar-refractivity contribution is -0.0438. The normalized spacial score (nSPS) is 23.0. The van der Waals surface area contributed by atoms with Crippen LogP contribution in [0.15, 0.2) is 23.4 Å². The average molecular weight is 407 g/mol. The van der Waals surface area contributed by atoms with E-state index in [2.05, 4.69) is 29.0 Å². The highest BCUT2D eigenvalue weighted by Gasteiger charge is 2.49. The number of carbonyl (C=O) groups is 1. The second kappa shape index (κ2) is 8.14. The zero-order valence-corrected chi connectivity index (χ0v) is 16.3. The third-order valence-electron chi connectivity index (χ3n) is 4.43. The van der Waals surface area contributed by atoms with Gasteiger partial charge in [-0.05, 0) is 37.3 Å². The molecule has 0 spiro atoms. The number of pyridine rings is 1. The highest BCUT2D eigenvalue weighted by atomic mass is 32.2. The average Bonchev–Trinajstić information content (AvgIpc) is 2.52. The first kappa shape index (κ1) is 21.6. The lowest BCUT2D eigenvalue weighted by atomic mass is 9.92. The largest absolute Gasteiger partial charge is 0.503 e. The summed E-state index contributed by atoms with van der Waals surface area (Å²) in [5.41, 5.74) is -6.13. The van der Waals surface area contributed by atoms with Crippen molar-refractivity contribution in [3.8, 4) is 0 Å². The number of amides is 1. The van der Waals surface area contributed by atoms with Gasteiger partial charge in [0, 0.05) is 31.9 Å². The molecule has 1 N–H and O–H groups in total. The van der Waals surface area contributed by atoms with Gasteiger partial charge in [-0.2, -0.15) is 13.2 Å². The Balaban J connectivity index is 2.13. The van der Waals surface area contributed by atoms with Crippen LogP contribution < -0.4 is 5.32 Å². The number of aromatic nitrogens is 1. The fraction of sp³-hybridized carbons (Fsp3) is 0.647. The smallest absolute Gasteiger partial charge is 0.348 e. The van der Waals surface area contributed by atoms with Crippen LogP contribution in [0.3, 0.4) is 0 Å². The number of nitrogens with zero attached hydrogens (tertiary/aromatic N) is 2. The minimum absolute atomic E-state index is 0.364. The first-order valence-electron chi connectivity index (χ1n) is 8.71. The molecule has 1 aliphatic heterocycles. The summed E-state index contributed by atoms with van der Waals surface area (Å²) in [6, 6.07) is 1.89. The topological polar surface area (TPSA) is 79.4 Å². The van der Waals surface area contributed by atoms with Crippen molar-refractivity contribution >= 4 is 15.7 Å². The second-order valence-electron chi connectivity index (χ2n) is 7.34. The zero-order valence-electron chi connectivity index (χ0n) is 15.5. The van der Waals surface area contributed by atoms with Gasteiger partial charge < -0.3 is 10.2 Å². The molecule has 1 amide bonds. The Labute approximate surface area is 157 Å². The van der Waals surface area contributed by atoms with Crippen molar-refractivity contribution in [1.29, 1.82) is 0 Å². The maximum Gasteiger partial charge on any atom is 0.503 e. The Morgan fingerprint density at radius 2 is 1.93 bits per heavy atom. The molecule has 1 fully saturated rings. The van der Waals surface area contributed by atoms with E-state index in [9.17, 15) is 26.4 Å². The number of nitrogens with one attached hydrogen (secondary N) is 1.